The lowest BCUT2D eigenvalue weighted by atomic mass is 10.1. The van der Waals surface area contributed by atoms with E-state index in [0.29, 0.717) is 5.92 Å². The Labute approximate surface area is 87.3 Å². The maximum atomic E-state index is 6.06. The first-order valence-corrected chi connectivity index (χ1v) is 5.24. The third-order valence-corrected chi connectivity index (χ3v) is 2.93. The molecule has 0 bridgehead atoms. The van der Waals surface area contributed by atoms with Gasteiger partial charge in [0.05, 0.1) is 0 Å². The second-order valence-electron chi connectivity index (χ2n) is 4.13. The molecule has 0 radical (unpaired) electrons. The van der Waals surface area contributed by atoms with E-state index in [2.05, 4.69) is 15.2 Å². The van der Waals surface area contributed by atoms with Crippen LogP contribution in [-0.2, 0) is 6.42 Å². The summed E-state index contributed by atoms with van der Waals surface area (Å²) in [6.45, 7) is 0. The molecule has 78 valence electrons. The van der Waals surface area contributed by atoms with E-state index in [1.807, 2.05) is 10.5 Å². The Morgan fingerprint density at radius 2 is 2.33 bits per heavy atom. The van der Waals surface area contributed by atoms with Crippen molar-refractivity contribution in [3.05, 3.63) is 24.4 Å². The van der Waals surface area contributed by atoms with E-state index in [1.54, 1.807) is 12.5 Å². The van der Waals surface area contributed by atoms with Crippen LogP contribution in [0.25, 0.3) is 5.65 Å². The molecule has 1 aliphatic rings. The fourth-order valence-corrected chi connectivity index (χ4v) is 1.83. The number of hydrogen-bond donors (Lipinski definition) is 1. The molecule has 2 heterocycles. The molecule has 1 atom stereocenters. The lowest BCUT2D eigenvalue weighted by molar-refractivity contribution is 0.571. The number of fused-ring (bicyclic) bond motifs is 1. The van der Waals surface area contributed by atoms with Gasteiger partial charge in [0.15, 0.2) is 5.65 Å². The van der Waals surface area contributed by atoms with Crippen molar-refractivity contribution in [2.24, 2.45) is 11.7 Å². The molecule has 0 aliphatic heterocycles. The van der Waals surface area contributed by atoms with Crippen LogP contribution in [0.5, 0.6) is 0 Å². The predicted molar refractivity (Wildman–Crippen MR) is 55.2 cm³/mol. The monoisotopic (exact) mass is 203 g/mol. The van der Waals surface area contributed by atoms with E-state index >= 15 is 0 Å². The van der Waals surface area contributed by atoms with Crippen LogP contribution in [0, 0.1) is 5.92 Å². The molecule has 15 heavy (non-hydrogen) atoms. The predicted octanol–water partition coefficient (Wildman–Crippen LogP) is 0.404. The molecule has 5 heteroatoms. The largest absolute Gasteiger partial charge is 0.327 e. The number of nitrogens with two attached hydrogens (primary N) is 1. The molecule has 1 fully saturated rings. The van der Waals surface area contributed by atoms with Crippen LogP contribution in [0.2, 0.25) is 0 Å². The second-order valence-corrected chi connectivity index (χ2v) is 4.13. The zero-order valence-electron chi connectivity index (χ0n) is 8.37. The average Bonchev–Trinajstić information content (AvgIpc) is 3.03. The zero-order valence-corrected chi connectivity index (χ0v) is 8.37. The van der Waals surface area contributed by atoms with Gasteiger partial charge in [-0.3, -0.25) is 4.40 Å². The first kappa shape index (κ1) is 8.79. The van der Waals surface area contributed by atoms with Gasteiger partial charge in [-0.25, -0.2) is 4.98 Å². The number of rotatable bonds is 3. The van der Waals surface area contributed by atoms with Crippen molar-refractivity contribution in [2.45, 2.75) is 25.3 Å². The standard InChI is InChI=1S/C10H13N5/c11-8(7-1-2-7)5-10-14-13-9-3-4-12-6-15(9)10/h3-4,6-8H,1-2,5,11H2. The Bertz CT molecular complexity index is 473. The van der Waals surface area contributed by atoms with Gasteiger partial charge in [-0.1, -0.05) is 0 Å². The molecule has 1 aliphatic carbocycles. The third kappa shape index (κ3) is 1.59. The van der Waals surface area contributed by atoms with Gasteiger partial charge >= 0.3 is 0 Å². The summed E-state index contributed by atoms with van der Waals surface area (Å²) in [6.07, 6.45) is 6.77. The van der Waals surface area contributed by atoms with Gasteiger partial charge < -0.3 is 5.73 Å². The van der Waals surface area contributed by atoms with Gasteiger partial charge in [0.25, 0.3) is 0 Å². The summed E-state index contributed by atoms with van der Waals surface area (Å²) >= 11 is 0. The molecule has 1 saturated carbocycles. The summed E-state index contributed by atoms with van der Waals surface area (Å²) in [5.41, 5.74) is 6.90. The van der Waals surface area contributed by atoms with Crippen LogP contribution >= 0.6 is 0 Å². The maximum absolute atomic E-state index is 6.06. The van der Waals surface area contributed by atoms with Crippen molar-refractivity contribution in [3.8, 4) is 0 Å². The van der Waals surface area contributed by atoms with Gasteiger partial charge in [0.1, 0.15) is 12.2 Å². The van der Waals surface area contributed by atoms with Crippen molar-refractivity contribution >= 4 is 5.65 Å². The molecule has 2 aromatic heterocycles. The van der Waals surface area contributed by atoms with Gasteiger partial charge in [-0.05, 0) is 18.8 Å². The quantitative estimate of drug-likeness (QED) is 0.784. The highest BCUT2D eigenvalue weighted by atomic mass is 15.3. The average molecular weight is 203 g/mol. The lowest BCUT2D eigenvalue weighted by Gasteiger charge is -2.07. The SMILES string of the molecule is NC(Cc1nnc2ccncn12)C1CC1. The third-order valence-electron chi connectivity index (χ3n) is 2.93. The topological polar surface area (TPSA) is 69.1 Å². The Kier molecular flexibility index (Phi) is 1.92. The normalized spacial score (nSPS) is 18.2. The molecule has 2 aromatic rings. The first-order valence-electron chi connectivity index (χ1n) is 5.24. The summed E-state index contributed by atoms with van der Waals surface area (Å²) in [5.74, 6) is 1.60. The summed E-state index contributed by atoms with van der Waals surface area (Å²) in [4.78, 5) is 4.06. The summed E-state index contributed by atoms with van der Waals surface area (Å²) < 4.78 is 1.90. The van der Waals surface area contributed by atoms with Crippen LogP contribution < -0.4 is 5.73 Å². The zero-order chi connectivity index (χ0) is 10.3. The second kappa shape index (κ2) is 3.27. The van der Waals surface area contributed by atoms with E-state index in [4.69, 9.17) is 5.73 Å². The van der Waals surface area contributed by atoms with Gasteiger partial charge in [-0.2, -0.15) is 0 Å². The molecular formula is C10H13N5. The fraction of sp³-hybridized carbons (Fsp3) is 0.500. The van der Waals surface area contributed by atoms with E-state index < -0.39 is 0 Å². The van der Waals surface area contributed by atoms with E-state index in [-0.39, 0.29) is 6.04 Å². The minimum Gasteiger partial charge on any atom is -0.327 e. The molecule has 0 saturated heterocycles. The van der Waals surface area contributed by atoms with Crippen LogP contribution in [0.4, 0.5) is 0 Å². The Balaban J connectivity index is 1.90. The van der Waals surface area contributed by atoms with Crippen LogP contribution in [0.3, 0.4) is 0 Å². The molecule has 0 spiro atoms. The summed E-state index contributed by atoms with van der Waals surface area (Å²) in [5, 5.41) is 8.21. The van der Waals surface area contributed by atoms with Crippen LogP contribution in [0.15, 0.2) is 18.6 Å². The Morgan fingerprint density at radius 3 is 3.13 bits per heavy atom. The highest BCUT2D eigenvalue weighted by Gasteiger charge is 2.29. The van der Waals surface area contributed by atoms with Crippen molar-refractivity contribution in [1.29, 1.82) is 0 Å². The van der Waals surface area contributed by atoms with E-state index in [1.165, 1.54) is 12.8 Å². The van der Waals surface area contributed by atoms with Crippen LogP contribution in [-0.4, -0.2) is 25.6 Å². The minimum atomic E-state index is 0.220. The smallest absolute Gasteiger partial charge is 0.163 e. The van der Waals surface area contributed by atoms with Crippen molar-refractivity contribution < 1.29 is 0 Å². The Hall–Kier alpha value is -1.49. The maximum Gasteiger partial charge on any atom is 0.163 e. The molecule has 3 rings (SSSR count). The molecule has 0 amide bonds. The highest BCUT2D eigenvalue weighted by molar-refractivity contribution is 5.35. The molecule has 5 nitrogen and oxygen atoms in total. The summed E-state index contributed by atoms with van der Waals surface area (Å²) in [7, 11) is 0. The molecule has 2 N–H and O–H groups in total. The number of hydrogen-bond acceptors (Lipinski definition) is 4. The molecule has 1 unspecified atom stereocenters. The van der Waals surface area contributed by atoms with Crippen molar-refractivity contribution in [1.82, 2.24) is 19.6 Å². The van der Waals surface area contributed by atoms with Gasteiger partial charge in [-0.15, -0.1) is 10.2 Å². The van der Waals surface area contributed by atoms with Gasteiger partial charge in [0.2, 0.25) is 0 Å². The van der Waals surface area contributed by atoms with Crippen molar-refractivity contribution in [2.75, 3.05) is 0 Å². The highest BCUT2D eigenvalue weighted by Crippen LogP contribution is 2.32. The number of aromatic nitrogens is 4. The van der Waals surface area contributed by atoms with Crippen molar-refractivity contribution in [3.63, 3.8) is 0 Å². The Morgan fingerprint density at radius 1 is 1.47 bits per heavy atom. The number of nitrogens with zero attached hydrogens (tertiary/aromatic N) is 4. The van der Waals surface area contributed by atoms with E-state index in [0.717, 1.165) is 17.9 Å². The van der Waals surface area contributed by atoms with E-state index in [9.17, 15) is 0 Å². The summed E-state index contributed by atoms with van der Waals surface area (Å²) in [6, 6.07) is 2.07. The van der Waals surface area contributed by atoms with Crippen LogP contribution in [0.1, 0.15) is 18.7 Å². The molecular weight excluding hydrogens is 190 g/mol. The molecule has 0 aromatic carbocycles. The fourth-order valence-electron chi connectivity index (χ4n) is 1.83. The lowest BCUT2D eigenvalue weighted by Crippen LogP contribution is -2.26. The minimum absolute atomic E-state index is 0.220. The van der Waals surface area contributed by atoms with Gasteiger partial charge in [0, 0.05) is 24.7 Å². The first-order chi connectivity index (χ1) is 7.34.